The molecule has 0 saturated heterocycles. The van der Waals surface area contributed by atoms with Gasteiger partial charge < -0.3 is 10.1 Å². The van der Waals surface area contributed by atoms with Gasteiger partial charge in [-0.3, -0.25) is 0 Å². The smallest absolute Gasteiger partial charge is 0.372 e. The molecule has 0 heterocycles. The molecule has 0 fully saturated rings. The lowest BCUT2D eigenvalue weighted by molar-refractivity contribution is -0.174. The number of benzene rings is 1. The second-order valence-electron chi connectivity index (χ2n) is 4.91. The number of hydrogen-bond donors (Lipinski definition) is 1. The largest absolute Gasteiger partial charge is 0.411 e. The molecule has 0 spiro atoms. The Morgan fingerprint density at radius 2 is 1.86 bits per heavy atom. The van der Waals surface area contributed by atoms with Crippen molar-refractivity contribution in [1.82, 2.24) is 5.32 Å². The van der Waals surface area contributed by atoms with Gasteiger partial charge >= 0.3 is 6.18 Å². The summed E-state index contributed by atoms with van der Waals surface area (Å²) in [5, 5.41) is 3.23. The maximum absolute atomic E-state index is 12.9. The zero-order chi connectivity index (χ0) is 15.7. The fraction of sp³-hybridized carbons (Fsp3) is 0.600. The van der Waals surface area contributed by atoms with Gasteiger partial charge in [0.15, 0.2) is 0 Å². The maximum atomic E-state index is 12.9. The van der Waals surface area contributed by atoms with Crippen LogP contribution in [0.5, 0.6) is 0 Å². The average Bonchev–Trinajstić information content (AvgIpc) is 2.41. The first kappa shape index (κ1) is 17.9. The van der Waals surface area contributed by atoms with Crippen LogP contribution in [-0.2, 0) is 4.74 Å². The molecule has 0 aliphatic carbocycles. The third kappa shape index (κ3) is 8.02. The summed E-state index contributed by atoms with van der Waals surface area (Å²) in [7, 11) is 0. The van der Waals surface area contributed by atoms with Crippen LogP contribution in [-0.4, -0.2) is 32.5 Å². The van der Waals surface area contributed by atoms with Crippen LogP contribution < -0.4 is 5.32 Å². The molecule has 0 aliphatic rings. The summed E-state index contributed by atoms with van der Waals surface area (Å²) in [5.74, 6) is -0.322. The van der Waals surface area contributed by atoms with Crippen LogP contribution in [0.1, 0.15) is 31.2 Å². The van der Waals surface area contributed by atoms with E-state index in [-0.39, 0.29) is 18.3 Å². The lowest BCUT2D eigenvalue weighted by Gasteiger charge is -2.18. The van der Waals surface area contributed by atoms with E-state index in [1.54, 1.807) is 12.1 Å². The van der Waals surface area contributed by atoms with Gasteiger partial charge in [0.05, 0.1) is 0 Å². The minimum atomic E-state index is -4.30. The predicted octanol–water partition coefficient (Wildman–Crippen LogP) is 3.88. The first-order valence-electron chi connectivity index (χ1n) is 7.03. The second-order valence-corrected chi connectivity index (χ2v) is 4.91. The molecule has 0 aliphatic heterocycles. The van der Waals surface area contributed by atoms with E-state index in [4.69, 9.17) is 0 Å². The number of halogens is 4. The van der Waals surface area contributed by atoms with Crippen molar-refractivity contribution < 1.29 is 22.3 Å². The van der Waals surface area contributed by atoms with Gasteiger partial charge in [-0.1, -0.05) is 19.1 Å². The summed E-state index contributed by atoms with van der Waals surface area (Å²) in [4.78, 5) is 0. The minimum absolute atomic E-state index is 0.00498. The molecule has 2 nitrogen and oxygen atoms in total. The van der Waals surface area contributed by atoms with E-state index in [2.05, 4.69) is 10.1 Å². The molecule has 1 aromatic carbocycles. The van der Waals surface area contributed by atoms with Crippen molar-refractivity contribution in [2.75, 3.05) is 26.3 Å². The van der Waals surface area contributed by atoms with E-state index < -0.39 is 12.8 Å². The first-order chi connectivity index (χ1) is 9.92. The maximum Gasteiger partial charge on any atom is 0.411 e. The minimum Gasteiger partial charge on any atom is -0.372 e. The molecule has 1 aromatic rings. The molecule has 1 atom stereocenters. The summed E-state index contributed by atoms with van der Waals surface area (Å²) >= 11 is 0. The normalized spacial score (nSPS) is 13.4. The first-order valence-corrected chi connectivity index (χ1v) is 7.03. The Kier molecular flexibility index (Phi) is 7.67. The van der Waals surface area contributed by atoms with Gasteiger partial charge in [-0.25, -0.2) is 4.39 Å². The Balaban J connectivity index is 2.50. The Bertz CT molecular complexity index is 392. The third-order valence-electron chi connectivity index (χ3n) is 3.04. The van der Waals surface area contributed by atoms with E-state index >= 15 is 0 Å². The average molecular weight is 307 g/mol. The lowest BCUT2D eigenvalue weighted by Crippen LogP contribution is -2.24. The van der Waals surface area contributed by atoms with Crippen molar-refractivity contribution in [2.45, 2.75) is 31.9 Å². The zero-order valence-corrected chi connectivity index (χ0v) is 12.0. The summed E-state index contributed by atoms with van der Waals surface area (Å²) in [6.07, 6.45) is -2.87. The van der Waals surface area contributed by atoms with Gasteiger partial charge in [0.25, 0.3) is 0 Å². The standard InChI is InChI=1S/C15H21F4NO/c1-2-8-20-10-13(7-9-21-11-15(17,18)19)12-3-5-14(16)6-4-12/h3-6,13,20H,2,7-11H2,1H3. The number of ether oxygens (including phenoxy) is 1. The molecule has 1 rings (SSSR count). The van der Waals surface area contributed by atoms with E-state index in [1.807, 2.05) is 6.92 Å². The molecule has 0 radical (unpaired) electrons. The van der Waals surface area contributed by atoms with E-state index in [0.29, 0.717) is 13.0 Å². The van der Waals surface area contributed by atoms with Crippen molar-refractivity contribution in [1.29, 1.82) is 0 Å². The van der Waals surface area contributed by atoms with Gasteiger partial charge in [0.2, 0.25) is 0 Å². The topological polar surface area (TPSA) is 21.3 Å². The Labute approximate surface area is 122 Å². The van der Waals surface area contributed by atoms with Gasteiger partial charge in [-0.2, -0.15) is 13.2 Å². The van der Waals surface area contributed by atoms with Crippen LogP contribution in [0, 0.1) is 5.82 Å². The van der Waals surface area contributed by atoms with Gasteiger partial charge in [0, 0.05) is 13.2 Å². The molecular weight excluding hydrogens is 286 g/mol. The van der Waals surface area contributed by atoms with Crippen molar-refractivity contribution in [3.05, 3.63) is 35.6 Å². The van der Waals surface area contributed by atoms with Gasteiger partial charge in [-0.15, -0.1) is 0 Å². The summed E-state index contributed by atoms with van der Waals surface area (Å²) in [5.41, 5.74) is 0.899. The Morgan fingerprint density at radius 3 is 2.43 bits per heavy atom. The zero-order valence-electron chi connectivity index (χ0n) is 12.0. The monoisotopic (exact) mass is 307 g/mol. The van der Waals surface area contributed by atoms with Crippen LogP contribution >= 0.6 is 0 Å². The molecule has 120 valence electrons. The van der Waals surface area contributed by atoms with Crippen molar-refractivity contribution >= 4 is 0 Å². The third-order valence-corrected chi connectivity index (χ3v) is 3.04. The number of nitrogens with one attached hydrogen (secondary N) is 1. The fourth-order valence-electron chi connectivity index (χ4n) is 1.99. The van der Waals surface area contributed by atoms with E-state index in [1.165, 1.54) is 12.1 Å². The Hall–Kier alpha value is -1.14. The number of rotatable bonds is 9. The lowest BCUT2D eigenvalue weighted by atomic mass is 9.96. The highest BCUT2D eigenvalue weighted by Crippen LogP contribution is 2.21. The van der Waals surface area contributed by atoms with Crippen LogP contribution in [0.25, 0.3) is 0 Å². The van der Waals surface area contributed by atoms with Crippen LogP contribution in [0.2, 0.25) is 0 Å². The molecule has 0 saturated carbocycles. The van der Waals surface area contributed by atoms with E-state index in [9.17, 15) is 17.6 Å². The van der Waals surface area contributed by atoms with Crippen LogP contribution in [0.4, 0.5) is 17.6 Å². The predicted molar refractivity (Wildman–Crippen MR) is 73.8 cm³/mol. The molecule has 0 aromatic heterocycles. The summed E-state index contributed by atoms with van der Waals surface area (Å²) in [6, 6.07) is 6.05. The molecule has 21 heavy (non-hydrogen) atoms. The highest BCUT2D eigenvalue weighted by atomic mass is 19.4. The number of alkyl halides is 3. The van der Waals surface area contributed by atoms with Crippen molar-refractivity contribution in [2.24, 2.45) is 0 Å². The molecule has 1 N–H and O–H groups in total. The summed E-state index contributed by atoms with van der Waals surface area (Å²) < 4.78 is 53.6. The highest BCUT2D eigenvalue weighted by Gasteiger charge is 2.27. The fourth-order valence-corrected chi connectivity index (χ4v) is 1.99. The molecule has 0 amide bonds. The SMILES string of the molecule is CCCNCC(CCOCC(F)(F)F)c1ccc(F)cc1. The quantitative estimate of drug-likeness (QED) is 0.552. The van der Waals surface area contributed by atoms with Crippen LogP contribution in [0.3, 0.4) is 0 Å². The summed E-state index contributed by atoms with van der Waals surface area (Å²) in [6.45, 7) is 2.29. The highest BCUT2D eigenvalue weighted by molar-refractivity contribution is 5.20. The van der Waals surface area contributed by atoms with E-state index in [0.717, 1.165) is 18.5 Å². The molecular formula is C15H21F4NO. The van der Waals surface area contributed by atoms with Crippen molar-refractivity contribution in [3.8, 4) is 0 Å². The van der Waals surface area contributed by atoms with Gasteiger partial charge in [-0.05, 0) is 43.0 Å². The molecule has 0 bridgehead atoms. The molecule has 6 heteroatoms. The molecule has 1 unspecified atom stereocenters. The second kappa shape index (κ2) is 9.00. The Morgan fingerprint density at radius 1 is 1.19 bits per heavy atom. The number of hydrogen-bond acceptors (Lipinski definition) is 2. The van der Waals surface area contributed by atoms with Crippen molar-refractivity contribution in [3.63, 3.8) is 0 Å². The van der Waals surface area contributed by atoms with Crippen LogP contribution in [0.15, 0.2) is 24.3 Å². The van der Waals surface area contributed by atoms with Gasteiger partial charge in [0.1, 0.15) is 12.4 Å².